The van der Waals surface area contributed by atoms with Gasteiger partial charge in [-0.3, -0.25) is 0 Å². The summed E-state index contributed by atoms with van der Waals surface area (Å²) in [6, 6.07) is 2.39. The molecule has 2 N–H and O–H groups in total. The van der Waals surface area contributed by atoms with E-state index in [-0.39, 0.29) is 17.7 Å². The summed E-state index contributed by atoms with van der Waals surface area (Å²) in [4.78, 5) is 0. The van der Waals surface area contributed by atoms with Crippen LogP contribution in [-0.2, 0) is 4.74 Å². The number of hydrogen-bond donors (Lipinski definition) is 1. The first-order chi connectivity index (χ1) is 7.07. The summed E-state index contributed by atoms with van der Waals surface area (Å²) in [6.07, 6.45) is 0. The zero-order valence-electron chi connectivity index (χ0n) is 8.89. The van der Waals surface area contributed by atoms with Crippen LogP contribution in [0.15, 0.2) is 12.1 Å². The van der Waals surface area contributed by atoms with Crippen molar-refractivity contribution in [1.29, 1.82) is 0 Å². The molecule has 15 heavy (non-hydrogen) atoms. The van der Waals surface area contributed by atoms with E-state index in [1.54, 1.807) is 0 Å². The number of halogens is 2. The molecule has 0 aliphatic carbocycles. The maximum Gasteiger partial charge on any atom is 0.163 e. The highest BCUT2D eigenvalue weighted by Crippen LogP contribution is 2.20. The second-order valence-corrected chi connectivity index (χ2v) is 3.37. The van der Waals surface area contributed by atoms with Crippen LogP contribution in [0.25, 0.3) is 0 Å². The van der Waals surface area contributed by atoms with Crippen LogP contribution in [0.2, 0.25) is 0 Å². The average Bonchev–Trinajstić information content (AvgIpc) is 2.23. The van der Waals surface area contributed by atoms with Gasteiger partial charge in [-0.15, -0.1) is 0 Å². The highest BCUT2D eigenvalue weighted by molar-refractivity contribution is 5.27. The predicted molar refractivity (Wildman–Crippen MR) is 54.5 cm³/mol. The summed E-state index contributed by atoms with van der Waals surface area (Å²) < 4.78 is 31.7. The minimum absolute atomic E-state index is 0.159. The molecule has 0 bridgehead atoms. The molecule has 2 nitrogen and oxygen atoms in total. The maximum absolute atomic E-state index is 13.4. The van der Waals surface area contributed by atoms with Gasteiger partial charge in [0, 0.05) is 12.2 Å². The molecule has 1 rings (SSSR count). The van der Waals surface area contributed by atoms with Gasteiger partial charge in [-0.1, -0.05) is 12.1 Å². The van der Waals surface area contributed by atoms with E-state index in [0.717, 1.165) is 0 Å². The Labute approximate surface area is 88.0 Å². The minimum atomic E-state index is -0.873. The Balaban J connectivity index is 2.90. The van der Waals surface area contributed by atoms with Crippen LogP contribution < -0.4 is 5.73 Å². The summed E-state index contributed by atoms with van der Waals surface area (Å²) in [5.74, 6) is -1.71. The SMILES string of the molecule is CCOCC(N)c1ccc(C)c(F)c1F. The molecule has 0 saturated heterocycles. The van der Waals surface area contributed by atoms with Crippen LogP contribution in [0, 0.1) is 18.6 Å². The molecule has 0 aliphatic heterocycles. The Morgan fingerprint density at radius 2 is 2.00 bits per heavy atom. The molecule has 1 unspecified atom stereocenters. The summed E-state index contributed by atoms with van der Waals surface area (Å²) in [5.41, 5.74) is 6.11. The van der Waals surface area contributed by atoms with Gasteiger partial charge in [0.15, 0.2) is 11.6 Å². The van der Waals surface area contributed by atoms with Crippen molar-refractivity contribution in [1.82, 2.24) is 0 Å². The quantitative estimate of drug-likeness (QED) is 0.836. The van der Waals surface area contributed by atoms with Crippen molar-refractivity contribution in [2.45, 2.75) is 19.9 Å². The summed E-state index contributed by atoms with van der Waals surface area (Å²) in [6.45, 7) is 4.02. The number of aryl methyl sites for hydroxylation is 1. The van der Waals surface area contributed by atoms with Crippen molar-refractivity contribution in [2.75, 3.05) is 13.2 Å². The molecule has 0 heterocycles. The molecule has 1 atom stereocenters. The van der Waals surface area contributed by atoms with Crippen molar-refractivity contribution >= 4 is 0 Å². The zero-order chi connectivity index (χ0) is 11.4. The Kier molecular flexibility index (Phi) is 4.17. The fourth-order valence-electron chi connectivity index (χ4n) is 1.28. The van der Waals surface area contributed by atoms with E-state index in [4.69, 9.17) is 10.5 Å². The first kappa shape index (κ1) is 12.1. The van der Waals surface area contributed by atoms with Crippen molar-refractivity contribution < 1.29 is 13.5 Å². The van der Waals surface area contributed by atoms with E-state index in [1.807, 2.05) is 6.92 Å². The zero-order valence-corrected chi connectivity index (χ0v) is 8.89. The number of rotatable bonds is 4. The fourth-order valence-corrected chi connectivity index (χ4v) is 1.28. The molecular formula is C11H15F2NO. The van der Waals surface area contributed by atoms with Crippen LogP contribution >= 0.6 is 0 Å². The molecule has 4 heteroatoms. The molecule has 0 aliphatic rings. The van der Waals surface area contributed by atoms with Gasteiger partial charge in [0.2, 0.25) is 0 Å². The van der Waals surface area contributed by atoms with E-state index in [2.05, 4.69) is 0 Å². The van der Waals surface area contributed by atoms with Gasteiger partial charge in [0.1, 0.15) is 0 Å². The summed E-state index contributed by atoms with van der Waals surface area (Å²) in [5, 5.41) is 0. The van der Waals surface area contributed by atoms with Crippen LogP contribution in [0.5, 0.6) is 0 Å². The lowest BCUT2D eigenvalue weighted by molar-refractivity contribution is 0.132. The van der Waals surface area contributed by atoms with E-state index in [0.29, 0.717) is 6.61 Å². The molecule has 0 saturated carbocycles. The number of benzene rings is 1. The van der Waals surface area contributed by atoms with Gasteiger partial charge in [-0.25, -0.2) is 8.78 Å². The standard InChI is InChI=1S/C11H15F2NO/c1-3-15-6-9(14)8-5-4-7(2)10(12)11(8)13/h4-5,9H,3,6,14H2,1-2H3. The summed E-state index contributed by atoms with van der Waals surface area (Å²) in [7, 11) is 0. The Hall–Kier alpha value is -1.00. The maximum atomic E-state index is 13.4. The second-order valence-electron chi connectivity index (χ2n) is 3.37. The molecule has 0 radical (unpaired) electrons. The molecular weight excluding hydrogens is 200 g/mol. The fraction of sp³-hybridized carbons (Fsp3) is 0.455. The average molecular weight is 215 g/mol. The molecule has 0 spiro atoms. The number of hydrogen-bond acceptors (Lipinski definition) is 2. The molecule has 0 amide bonds. The third kappa shape index (κ3) is 2.73. The lowest BCUT2D eigenvalue weighted by Crippen LogP contribution is -2.19. The van der Waals surface area contributed by atoms with Gasteiger partial charge < -0.3 is 10.5 Å². The lowest BCUT2D eigenvalue weighted by atomic mass is 10.1. The van der Waals surface area contributed by atoms with E-state index < -0.39 is 17.7 Å². The van der Waals surface area contributed by atoms with Crippen molar-refractivity contribution in [2.24, 2.45) is 5.73 Å². The van der Waals surface area contributed by atoms with Crippen molar-refractivity contribution in [3.05, 3.63) is 34.9 Å². The highest BCUT2D eigenvalue weighted by atomic mass is 19.2. The minimum Gasteiger partial charge on any atom is -0.380 e. The van der Waals surface area contributed by atoms with Gasteiger partial charge >= 0.3 is 0 Å². The molecule has 1 aromatic rings. The van der Waals surface area contributed by atoms with Gasteiger partial charge in [-0.2, -0.15) is 0 Å². The van der Waals surface area contributed by atoms with Gasteiger partial charge in [-0.05, 0) is 19.4 Å². The predicted octanol–water partition coefficient (Wildman–Crippen LogP) is 2.31. The Morgan fingerprint density at radius 3 is 2.60 bits per heavy atom. The Bertz CT molecular complexity index is 342. The van der Waals surface area contributed by atoms with Crippen LogP contribution in [-0.4, -0.2) is 13.2 Å². The van der Waals surface area contributed by atoms with E-state index in [1.165, 1.54) is 19.1 Å². The van der Waals surface area contributed by atoms with Crippen molar-refractivity contribution in [3.63, 3.8) is 0 Å². The molecule has 84 valence electrons. The molecule has 1 aromatic carbocycles. The Morgan fingerprint density at radius 1 is 1.33 bits per heavy atom. The molecule has 0 aromatic heterocycles. The third-order valence-electron chi connectivity index (χ3n) is 2.21. The smallest absolute Gasteiger partial charge is 0.163 e. The topological polar surface area (TPSA) is 35.2 Å². The second kappa shape index (κ2) is 5.19. The first-order valence-electron chi connectivity index (χ1n) is 4.85. The molecule has 0 fully saturated rings. The highest BCUT2D eigenvalue weighted by Gasteiger charge is 2.16. The van der Waals surface area contributed by atoms with Crippen molar-refractivity contribution in [3.8, 4) is 0 Å². The number of nitrogens with two attached hydrogens (primary N) is 1. The van der Waals surface area contributed by atoms with Gasteiger partial charge in [0.25, 0.3) is 0 Å². The summed E-state index contributed by atoms with van der Waals surface area (Å²) >= 11 is 0. The van der Waals surface area contributed by atoms with Gasteiger partial charge in [0.05, 0.1) is 12.6 Å². The first-order valence-corrected chi connectivity index (χ1v) is 4.85. The monoisotopic (exact) mass is 215 g/mol. The third-order valence-corrected chi connectivity index (χ3v) is 2.21. The lowest BCUT2D eigenvalue weighted by Gasteiger charge is -2.13. The van der Waals surface area contributed by atoms with Crippen LogP contribution in [0.4, 0.5) is 8.78 Å². The van der Waals surface area contributed by atoms with E-state index in [9.17, 15) is 8.78 Å². The normalized spacial score (nSPS) is 12.9. The largest absolute Gasteiger partial charge is 0.380 e. The van der Waals surface area contributed by atoms with Crippen LogP contribution in [0.3, 0.4) is 0 Å². The van der Waals surface area contributed by atoms with Crippen LogP contribution in [0.1, 0.15) is 24.1 Å². The van der Waals surface area contributed by atoms with E-state index >= 15 is 0 Å². The number of ether oxygens (including phenoxy) is 1.